The number of rotatable bonds is 3. The van der Waals surface area contributed by atoms with Gasteiger partial charge in [-0.2, -0.15) is 4.98 Å². The van der Waals surface area contributed by atoms with Crippen molar-refractivity contribution in [2.45, 2.75) is 45.6 Å². The Morgan fingerprint density at radius 3 is 2.71 bits per heavy atom. The number of hydrogen-bond donors (Lipinski definition) is 1. The molecule has 1 aliphatic carbocycles. The first-order valence-electron chi connectivity index (χ1n) is 5.80. The number of amides is 1. The van der Waals surface area contributed by atoms with Crippen LogP contribution in [0.5, 0.6) is 0 Å². The standard InChI is InChI=1S/C12H17N3O2/c1-8(16)14-12(2,3)11-13-10(17-15-11)7-9-5-4-6-9/h7H,4-6H2,1-3H3,(H,14,16). The van der Waals surface area contributed by atoms with E-state index in [0.717, 1.165) is 12.8 Å². The highest BCUT2D eigenvalue weighted by Crippen LogP contribution is 2.27. The van der Waals surface area contributed by atoms with Gasteiger partial charge in [0.25, 0.3) is 5.89 Å². The van der Waals surface area contributed by atoms with Crippen molar-refractivity contribution in [1.29, 1.82) is 0 Å². The molecule has 0 aromatic carbocycles. The van der Waals surface area contributed by atoms with Gasteiger partial charge in [-0.1, -0.05) is 10.7 Å². The van der Waals surface area contributed by atoms with E-state index < -0.39 is 5.54 Å². The molecule has 1 heterocycles. The van der Waals surface area contributed by atoms with E-state index in [-0.39, 0.29) is 5.91 Å². The van der Waals surface area contributed by atoms with Crippen molar-refractivity contribution in [3.63, 3.8) is 0 Å². The molecule has 0 unspecified atom stereocenters. The average molecular weight is 235 g/mol. The molecule has 5 nitrogen and oxygen atoms in total. The molecule has 5 heteroatoms. The molecule has 1 aliphatic rings. The summed E-state index contributed by atoms with van der Waals surface area (Å²) < 4.78 is 5.15. The lowest BCUT2D eigenvalue weighted by atomic mass is 9.92. The van der Waals surface area contributed by atoms with Crippen molar-refractivity contribution in [3.05, 3.63) is 17.3 Å². The predicted molar refractivity (Wildman–Crippen MR) is 63.0 cm³/mol. The largest absolute Gasteiger partial charge is 0.344 e. The maximum Gasteiger partial charge on any atom is 0.250 e. The molecular weight excluding hydrogens is 218 g/mol. The van der Waals surface area contributed by atoms with Crippen LogP contribution in [0.15, 0.2) is 10.1 Å². The molecule has 0 radical (unpaired) electrons. The van der Waals surface area contributed by atoms with Crippen LogP contribution in [0.3, 0.4) is 0 Å². The second-order valence-corrected chi connectivity index (χ2v) is 4.92. The molecule has 0 saturated heterocycles. The molecule has 0 atom stereocenters. The van der Waals surface area contributed by atoms with Gasteiger partial charge in [-0.3, -0.25) is 4.79 Å². The van der Waals surface area contributed by atoms with Crippen molar-refractivity contribution in [3.8, 4) is 0 Å². The summed E-state index contributed by atoms with van der Waals surface area (Å²) in [6.45, 7) is 5.16. The van der Waals surface area contributed by atoms with Gasteiger partial charge in [-0.25, -0.2) is 0 Å². The lowest BCUT2D eigenvalue weighted by Crippen LogP contribution is -2.40. The van der Waals surface area contributed by atoms with Crippen LogP contribution in [-0.4, -0.2) is 16.0 Å². The van der Waals surface area contributed by atoms with Gasteiger partial charge in [-0.05, 0) is 33.1 Å². The van der Waals surface area contributed by atoms with Crippen LogP contribution in [0, 0.1) is 0 Å². The normalized spacial score (nSPS) is 15.4. The molecule has 1 aromatic rings. The zero-order valence-electron chi connectivity index (χ0n) is 10.4. The zero-order chi connectivity index (χ0) is 12.5. The van der Waals surface area contributed by atoms with Crippen molar-refractivity contribution in [2.24, 2.45) is 0 Å². The maximum absolute atomic E-state index is 11.1. The van der Waals surface area contributed by atoms with Crippen molar-refractivity contribution in [2.75, 3.05) is 0 Å². The number of hydrogen-bond acceptors (Lipinski definition) is 4. The van der Waals surface area contributed by atoms with E-state index in [9.17, 15) is 4.79 Å². The summed E-state index contributed by atoms with van der Waals surface area (Å²) in [7, 11) is 0. The second-order valence-electron chi connectivity index (χ2n) is 4.92. The number of nitrogens with one attached hydrogen (secondary N) is 1. The molecule has 1 aromatic heterocycles. The molecule has 0 spiro atoms. The monoisotopic (exact) mass is 235 g/mol. The van der Waals surface area contributed by atoms with E-state index in [1.165, 1.54) is 18.9 Å². The number of aromatic nitrogens is 2. The average Bonchev–Trinajstić information content (AvgIpc) is 2.58. The molecule has 1 N–H and O–H groups in total. The third-order valence-electron chi connectivity index (χ3n) is 2.81. The Morgan fingerprint density at radius 2 is 2.18 bits per heavy atom. The van der Waals surface area contributed by atoms with Crippen LogP contribution in [-0.2, 0) is 10.3 Å². The van der Waals surface area contributed by atoms with Crippen LogP contribution in [0.1, 0.15) is 51.7 Å². The van der Waals surface area contributed by atoms with E-state index in [2.05, 4.69) is 15.5 Å². The minimum absolute atomic E-state index is 0.112. The fourth-order valence-electron chi connectivity index (χ4n) is 1.74. The first-order valence-corrected chi connectivity index (χ1v) is 5.80. The van der Waals surface area contributed by atoms with E-state index in [1.807, 2.05) is 19.9 Å². The van der Waals surface area contributed by atoms with Gasteiger partial charge in [0, 0.05) is 13.0 Å². The molecule has 1 amide bonds. The molecule has 17 heavy (non-hydrogen) atoms. The predicted octanol–water partition coefficient (Wildman–Crippen LogP) is 2.01. The molecular formula is C12H17N3O2. The maximum atomic E-state index is 11.1. The van der Waals surface area contributed by atoms with Gasteiger partial charge < -0.3 is 9.84 Å². The van der Waals surface area contributed by atoms with Gasteiger partial charge >= 0.3 is 0 Å². The number of carbonyl (C=O) groups is 1. The van der Waals surface area contributed by atoms with E-state index >= 15 is 0 Å². The molecule has 0 bridgehead atoms. The fraction of sp³-hybridized carbons (Fsp3) is 0.583. The summed E-state index contributed by atoms with van der Waals surface area (Å²) in [4.78, 5) is 15.4. The molecule has 1 fully saturated rings. The molecule has 1 saturated carbocycles. The minimum atomic E-state index is -0.605. The molecule has 2 rings (SSSR count). The Morgan fingerprint density at radius 1 is 1.47 bits per heavy atom. The molecule has 92 valence electrons. The Bertz CT molecular complexity index is 454. The minimum Gasteiger partial charge on any atom is -0.344 e. The number of carbonyl (C=O) groups excluding carboxylic acids is 1. The molecule has 0 aliphatic heterocycles. The summed E-state index contributed by atoms with van der Waals surface area (Å²) in [5.74, 6) is 0.908. The van der Waals surface area contributed by atoms with Crippen LogP contribution >= 0.6 is 0 Å². The lowest BCUT2D eigenvalue weighted by Gasteiger charge is -2.20. The Balaban J connectivity index is 2.14. The smallest absolute Gasteiger partial charge is 0.250 e. The summed E-state index contributed by atoms with van der Waals surface area (Å²) >= 11 is 0. The fourth-order valence-corrected chi connectivity index (χ4v) is 1.74. The number of allylic oxidation sites excluding steroid dienone is 1. The first kappa shape index (κ1) is 11.8. The van der Waals surface area contributed by atoms with Crippen molar-refractivity contribution in [1.82, 2.24) is 15.5 Å². The third kappa shape index (κ3) is 2.72. The van der Waals surface area contributed by atoms with Crippen molar-refractivity contribution >= 4 is 12.0 Å². The SMILES string of the molecule is CC(=O)NC(C)(C)c1noc(C=C2CCC2)n1. The van der Waals surface area contributed by atoms with Crippen LogP contribution in [0.2, 0.25) is 0 Å². The topological polar surface area (TPSA) is 68.0 Å². The highest BCUT2D eigenvalue weighted by Gasteiger charge is 2.27. The van der Waals surface area contributed by atoms with E-state index in [4.69, 9.17) is 4.52 Å². The Labute approximate surface area is 100 Å². The van der Waals surface area contributed by atoms with Crippen LogP contribution in [0.25, 0.3) is 6.08 Å². The highest BCUT2D eigenvalue weighted by molar-refractivity contribution is 5.73. The first-order chi connectivity index (χ1) is 7.97. The number of nitrogens with zero attached hydrogens (tertiary/aromatic N) is 2. The summed E-state index contributed by atoms with van der Waals surface area (Å²) in [6, 6.07) is 0. The van der Waals surface area contributed by atoms with Gasteiger partial charge in [0.1, 0.15) is 0 Å². The summed E-state index contributed by atoms with van der Waals surface area (Å²) in [5.41, 5.74) is 0.739. The quantitative estimate of drug-likeness (QED) is 0.870. The Hall–Kier alpha value is -1.65. The zero-order valence-corrected chi connectivity index (χ0v) is 10.4. The van der Waals surface area contributed by atoms with Gasteiger partial charge in [-0.15, -0.1) is 0 Å². The lowest BCUT2D eigenvalue weighted by molar-refractivity contribution is -0.120. The van der Waals surface area contributed by atoms with Crippen LogP contribution < -0.4 is 5.32 Å². The van der Waals surface area contributed by atoms with Gasteiger partial charge in [0.05, 0.1) is 5.54 Å². The van der Waals surface area contributed by atoms with Crippen LogP contribution in [0.4, 0.5) is 0 Å². The second kappa shape index (κ2) is 4.31. The highest BCUT2D eigenvalue weighted by atomic mass is 16.5. The van der Waals surface area contributed by atoms with Crippen molar-refractivity contribution < 1.29 is 9.32 Å². The Kier molecular flexibility index (Phi) is 3.00. The summed E-state index contributed by atoms with van der Waals surface area (Å²) in [6.07, 6.45) is 5.41. The van der Waals surface area contributed by atoms with E-state index in [0.29, 0.717) is 11.7 Å². The third-order valence-corrected chi connectivity index (χ3v) is 2.81. The van der Waals surface area contributed by atoms with Gasteiger partial charge in [0.15, 0.2) is 5.82 Å². The van der Waals surface area contributed by atoms with Gasteiger partial charge in [0.2, 0.25) is 5.91 Å². The van der Waals surface area contributed by atoms with E-state index in [1.54, 1.807) is 0 Å². The summed E-state index contributed by atoms with van der Waals surface area (Å²) in [5, 5.41) is 6.69.